The summed E-state index contributed by atoms with van der Waals surface area (Å²) in [6.07, 6.45) is -0.120. The van der Waals surface area contributed by atoms with E-state index in [1.165, 1.54) is 0 Å². The molecule has 3 rings (SSSR count). The van der Waals surface area contributed by atoms with E-state index in [4.69, 9.17) is 13.9 Å². The number of ether oxygens (including phenoxy) is 2. The Morgan fingerprint density at radius 2 is 1.91 bits per heavy atom. The molecule has 2 atom stereocenters. The van der Waals surface area contributed by atoms with Crippen molar-refractivity contribution in [1.82, 2.24) is 4.90 Å². The predicted molar refractivity (Wildman–Crippen MR) is 84.9 cm³/mol. The van der Waals surface area contributed by atoms with Crippen molar-refractivity contribution in [3.8, 4) is 5.75 Å². The fourth-order valence-corrected chi connectivity index (χ4v) is 2.89. The van der Waals surface area contributed by atoms with Crippen LogP contribution in [0.3, 0.4) is 0 Å². The van der Waals surface area contributed by atoms with Gasteiger partial charge in [-0.15, -0.1) is 0 Å². The van der Waals surface area contributed by atoms with Crippen LogP contribution in [0, 0.1) is 0 Å². The molecule has 2 unspecified atom stereocenters. The maximum Gasteiger partial charge on any atom is 0.349 e. The summed E-state index contributed by atoms with van der Waals surface area (Å²) >= 11 is 0. The molecule has 0 bridgehead atoms. The minimum atomic E-state index is -0.625. The average molecular weight is 317 g/mol. The third kappa shape index (κ3) is 3.07. The number of nitrogens with zero attached hydrogens (tertiary/aromatic N) is 1. The van der Waals surface area contributed by atoms with Gasteiger partial charge in [0.05, 0.1) is 19.3 Å². The van der Waals surface area contributed by atoms with Crippen LogP contribution in [0.2, 0.25) is 0 Å². The topological polar surface area (TPSA) is 69.0 Å². The van der Waals surface area contributed by atoms with E-state index in [1.54, 1.807) is 36.3 Å². The minimum Gasteiger partial charge on any atom is -0.497 e. The van der Waals surface area contributed by atoms with Crippen molar-refractivity contribution in [3.63, 3.8) is 0 Å². The number of carbonyl (C=O) groups is 1. The summed E-state index contributed by atoms with van der Waals surface area (Å²) in [6, 6.07) is 6.66. The second-order valence-electron chi connectivity index (χ2n) is 5.82. The highest BCUT2D eigenvalue weighted by atomic mass is 16.5. The highest BCUT2D eigenvalue weighted by molar-refractivity contribution is 5.96. The van der Waals surface area contributed by atoms with Crippen molar-refractivity contribution in [2.45, 2.75) is 26.1 Å². The normalized spacial score (nSPS) is 21.4. The van der Waals surface area contributed by atoms with Crippen LogP contribution < -0.4 is 10.4 Å². The van der Waals surface area contributed by atoms with Crippen LogP contribution in [0.25, 0.3) is 11.0 Å². The molecule has 2 heterocycles. The Morgan fingerprint density at radius 3 is 2.57 bits per heavy atom. The lowest BCUT2D eigenvalue weighted by molar-refractivity contribution is -0.0587. The molecule has 1 saturated heterocycles. The molecule has 1 aliphatic rings. The predicted octanol–water partition coefficient (Wildman–Crippen LogP) is 2.05. The second-order valence-corrected chi connectivity index (χ2v) is 5.82. The lowest BCUT2D eigenvalue weighted by Crippen LogP contribution is -2.49. The third-order valence-corrected chi connectivity index (χ3v) is 3.88. The summed E-state index contributed by atoms with van der Waals surface area (Å²) in [5, 5.41) is 0.654. The Kier molecular flexibility index (Phi) is 4.09. The molecule has 23 heavy (non-hydrogen) atoms. The first-order chi connectivity index (χ1) is 11.0. The SMILES string of the molecule is COc1ccc2oc(=O)c(C(=O)N3CC(C)OC(C)C3)cc2c1. The first-order valence-electron chi connectivity index (χ1n) is 7.54. The van der Waals surface area contributed by atoms with Crippen molar-refractivity contribution < 1.29 is 18.7 Å². The summed E-state index contributed by atoms with van der Waals surface area (Å²) in [7, 11) is 1.56. The second kappa shape index (κ2) is 6.04. The van der Waals surface area contributed by atoms with Gasteiger partial charge in [-0.1, -0.05) is 0 Å². The number of hydrogen-bond donors (Lipinski definition) is 0. The first-order valence-corrected chi connectivity index (χ1v) is 7.54. The van der Waals surface area contributed by atoms with E-state index in [-0.39, 0.29) is 23.7 Å². The molecule has 6 heteroatoms. The zero-order chi connectivity index (χ0) is 16.6. The lowest BCUT2D eigenvalue weighted by Gasteiger charge is -2.35. The van der Waals surface area contributed by atoms with Gasteiger partial charge in [-0.3, -0.25) is 4.79 Å². The van der Waals surface area contributed by atoms with Crippen LogP contribution in [0.4, 0.5) is 0 Å². The molecule has 1 aliphatic heterocycles. The number of morpholine rings is 1. The van der Waals surface area contributed by atoms with Gasteiger partial charge in [-0.25, -0.2) is 4.79 Å². The van der Waals surface area contributed by atoms with Crippen LogP contribution in [-0.2, 0) is 4.74 Å². The largest absolute Gasteiger partial charge is 0.497 e. The zero-order valence-corrected chi connectivity index (χ0v) is 13.4. The lowest BCUT2D eigenvalue weighted by atomic mass is 10.1. The van der Waals surface area contributed by atoms with Crippen molar-refractivity contribution >= 4 is 16.9 Å². The Morgan fingerprint density at radius 1 is 1.22 bits per heavy atom. The number of benzene rings is 1. The van der Waals surface area contributed by atoms with Gasteiger partial charge in [-0.2, -0.15) is 0 Å². The van der Waals surface area contributed by atoms with Crippen molar-refractivity contribution in [2.75, 3.05) is 20.2 Å². The zero-order valence-electron chi connectivity index (χ0n) is 13.4. The minimum absolute atomic E-state index is 0.0343. The molecular weight excluding hydrogens is 298 g/mol. The summed E-state index contributed by atoms with van der Waals surface area (Å²) < 4.78 is 16.1. The van der Waals surface area contributed by atoms with E-state index in [2.05, 4.69) is 0 Å². The maximum absolute atomic E-state index is 12.7. The molecule has 0 saturated carbocycles. The molecule has 0 N–H and O–H groups in total. The van der Waals surface area contributed by atoms with E-state index in [0.29, 0.717) is 29.8 Å². The van der Waals surface area contributed by atoms with Gasteiger partial charge in [0.1, 0.15) is 16.9 Å². The third-order valence-electron chi connectivity index (χ3n) is 3.88. The summed E-state index contributed by atoms with van der Waals surface area (Å²) in [4.78, 5) is 26.5. The molecule has 0 aliphatic carbocycles. The Balaban J connectivity index is 1.99. The molecule has 1 amide bonds. The molecule has 0 radical (unpaired) electrons. The van der Waals surface area contributed by atoms with Crippen molar-refractivity contribution in [1.29, 1.82) is 0 Å². The first kappa shape index (κ1) is 15.6. The van der Waals surface area contributed by atoms with Gasteiger partial charge in [-0.05, 0) is 38.1 Å². The quantitative estimate of drug-likeness (QED) is 0.793. The maximum atomic E-state index is 12.7. The van der Waals surface area contributed by atoms with E-state index in [9.17, 15) is 9.59 Å². The molecule has 0 spiro atoms. The molecule has 1 fully saturated rings. The number of amides is 1. The Bertz CT molecular complexity index is 787. The van der Waals surface area contributed by atoms with Crippen LogP contribution in [-0.4, -0.2) is 43.2 Å². The summed E-state index contributed by atoms with van der Waals surface area (Å²) in [5.74, 6) is 0.309. The van der Waals surface area contributed by atoms with Gasteiger partial charge in [0.25, 0.3) is 5.91 Å². The van der Waals surface area contributed by atoms with Gasteiger partial charge in [0.2, 0.25) is 0 Å². The smallest absolute Gasteiger partial charge is 0.349 e. The summed E-state index contributed by atoms with van der Waals surface area (Å²) in [5.41, 5.74) is -0.164. The monoisotopic (exact) mass is 317 g/mol. The number of carbonyl (C=O) groups excluding carboxylic acids is 1. The van der Waals surface area contributed by atoms with Crippen LogP contribution >= 0.6 is 0 Å². The molecule has 2 aromatic rings. The van der Waals surface area contributed by atoms with E-state index >= 15 is 0 Å². The van der Waals surface area contributed by atoms with Crippen LogP contribution in [0.1, 0.15) is 24.2 Å². The van der Waals surface area contributed by atoms with E-state index < -0.39 is 5.63 Å². The van der Waals surface area contributed by atoms with Gasteiger partial charge < -0.3 is 18.8 Å². The highest BCUT2D eigenvalue weighted by Gasteiger charge is 2.28. The summed E-state index contributed by atoms with van der Waals surface area (Å²) in [6.45, 7) is 4.73. The number of hydrogen-bond acceptors (Lipinski definition) is 5. The fourth-order valence-electron chi connectivity index (χ4n) is 2.89. The molecular formula is C17H19NO5. The standard InChI is InChI=1S/C17H19NO5/c1-10-8-18(9-11(2)22-10)16(19)14-7-12-6-13(21-3)4-5-15(12)23-17(14)20/h4-7,10-11H,8-9H2,1-3H3. The number of fused-ring (bicyclic) bond motifs is 1. The average Bonchev–Trinajstić information content (AvgIpc) is 2.52. The van der Waals surface area contributed by atoms with E-state index in [1.807, 2.05) is 13.8 Å². The Hall–Kier alpha value is -2.34. The van der Waals surface area contributed by atoms with Crippen molar-refractivity contribution in [3.05, 3.63) is 40.2 Å². The number of methoxy groups -OCH3 is 1. The molecule has 122 valence electrons. The molecule has 1 aromatic heterocycles. The Labute approximate surface area is 133 Å². The number of rotatable bonds is 2. The van der Waals surface area contributed by atoms with Crippen molar-refractivity contribution in [2.24, 2.45) is 0 Å². The van der Waals surface area contributed by atoms with Crippen LogP contribution in [0.5, 0.6) is 5.75 Å². The highest BCUT2D eigenvalue weighted by Crippen LogP contribution is 2.21. The molecule has 1 aromatic carbocycles. The van der Waals surface area contributed by atoms with Crippen LogP contribution in [0.15, 0.2) is 33.5 Å². The fraction of sp³-hybridized carbons (Fsp3) is 0.412. The van der Waals surface area contributed by atoms with Gasteiger partial charge >= 0.3 is 5.63 Å². The molecule has 6 nitrogen and oxygen atoms in total. The van der Waals surface area contributed by atoms with Gasteiger partial charge in [0.15, 0.2) is 0 Å². The van der Waals surface area contributed by atoms with E-state index in [0.717, 1.165) is 0 Å². The van der Waals surface area contributed by atoms with Gasteiger partial charge in [0, 0.05) is 18.5 Å².